The van der Waals surface area contributed by atoms with E-state index >= 15 is 0 Å². The molecule has 0 unspecified atom stereocenters. The van der Waals surface area contributed by atoms with E-state index in [1.165, 1.54) is 12.8 Å². The molecule has 2 rings (SSSR count). The lowest BCUT2D eigenvalue weighted by Crippen LogP contribution is -2.43. The Morgan fingerprint density at radius 3 is 2.58 bits per heavy atom. The molecule has 0 radical (unpaired) electrons. The Balaban J connectivity index is 2.11. The Bertz CT molecular complexity index is 195. The van der Waals surface area contributed by atoms with Gasteiger partial charge < -0.3 is 0 Å². The van der Waals surface area contributed by atoms with Gasteiger partial charge in [-0.05, 0) is 32.6 Å². The van der Waals surface area contributed by atoms with Crippen LogP contribution in [-0.2, 0) is 0 Å². The van der Waals surface area contributed by atoms with Crippen molar-refractivity contribution < 1.29 is 0 Å². The second-order valence-corrected chi connectivity index (χ2v) is 4.38. The van der Waals surface area contributed by atoms with Gasteiger partial charge in [0.15, 0.2) is 0 Å². The first-order chi connectivity index (χ1) is 5.74. The van der Waals surface area contributed by atoms with Gasteiger partial charge in [0.2, 0.25) is 0 Å². The standard InChI is InChI=1S/C11H19N/c1-4-10-7-9-5-6-11(9)12(10)8(2)3/h5-6,8-11H,4,7H2,1-3H3/t9-,10+,11-/m0/s1. The normalized spacial score (nSPS) is 40.2. The molecule has 1 saturated heterocycles. The Labute approximate surface area is 75.4 Å². The molecule has 0 spiro atoms. The third kappa shape index (κ3) is 1.03. The topological polar surface area (TPSA) is 3.24 Å². The van der Waals surface area contributed by atoms with Gasteiger partial charge in [0.25, 0.3) is 0 Å². The Morgan fingerprint density at radius 1 is 1.42 bits per heavy atom. The summed E-state index contributed by atoms with van der Waals surface area (Å²) in [5, 5.41) is 0. The molecule has 1 heterocycles. The van der Waals surface area contributed by atoms with Crippen LogP contribution in [0.1, 0.15) is 33.6 Å². The van der Waals surface area contributed by atoms with Crippen molar-refractivity contribution in [2.75, 3.05) is 0 Å². The van der Waals surface area contributed by atoms with Gasteiger partial charge in [-0.3, -0.25) is 4.90 Å². The van der Waals surface area contributed by atoms with Crippen LogP contribution in [0.5, 0.6) is 0 Å². The second kappa shape index (κ2) is 2.88. The highest BCUT2D eigenvalue weighted by Crippen LogP contribution is 2.40. The summed E-state index contributed by atoms with van der Waals surface area (Å²) in [6.07, 6.45) is 7.47. The summed E-state index contributed by atoms with van der Waals surface area (Å²) in [5.41, 5.74) is 0. The van der Waals surface area contributed by atoms with Gasteiger partial charge in [0.1, 0.15) is 0 Å². The van der Waals surface area contributed by atoms with E-state index in [2.05, 4.69) is 37.8 Å². The van der Waals surface area contributed by atoms with E-state index < -0.39 is 0 Å². The summed E-state index contributed by atoms with van der Waals surface area (Å²) >= 11 is 0. The molecule has 0 N–H and O–H groups in total. The molecule has 0 saturated carbocycles. The molecule has 3 atom stereocenters. The van der Waals surface area contributed by atoms with Gasteiger partial charge in [0, 0.05) is 18.1 Å². The van der Waals surface area contributed by atoms with E-state index in [9.17, 15) is 0 Å². The van der Waals surface area contributed by atoms with Crippen molar-refractivity contribution in [1.29, 1.82) is 0 Å². The lowest BCUT2D eigenvalue weighted by molar-refractivity contribution is 0.157. The predicted molar refractivity (Wildman–Crippen MR) is 52.1 cm³/mol. The fraction of sp³-hybridized carbons (Fsp3) is 0.818. The molecule has 1 nitrogen and oxygen atoms in total. The lowest BCUT2D eigenvalue weighted by atomic mass is 9.89. The summed E-state index contributed by atoms with van der Waals surface area (Å²) < 4.78 is 0. The zero-order valence-corrected chi connectivity index (χ0v) is 8.33. The van der Waals surface area contributed by atoms with Crippen LogP contribution in [0.25, 0.3) is 0 Å². The highest BCUT2D eigenvalue weighted by molar-refractivity contribution is 5.20. The van der Waals surface area contributed by atoms with Crippen LogP contribution in [0.4, 0.5) is 0 Å². The summed E-state index contributed by atoms with van der Waals surface area (Å²) in [5.74, 6) is 0.886. The average Bonchev–Trinajstić information content (AvgIpc) is 2.23. The maximum atomic E-state index is 2.69. The molecule has 1 aliphatic carbocycles. The third-order valence-corrected chi connectivity index (χ3v) is 3.37. The first kappa shape index (κ1) is 8.31. The third-order valence-electron chi connectivity index (χ3n) is 3.37. The quantitative estimate of drug-likeness (QED) is 0.568. The van der Waals surface area contributed by atoms with Crippen molar-refractivity contribution in [3.05, 3.63) is 12.2 Å². The SMILES string of the molecule is CC[C@@H]1C[C@@H]2C=C[C@@H]2N1C(C)C. The second-order valence-electron chi connectivity index (χ2n) is 4.38. The van der Waals surface area contributed by atoms with E-state index in [1.54, 1.807) is 0 Å². The van der Waals surface area contributed by atoms with Crippen molar-refractivity contribution in [3.8, 4) is 0 Å². The zero-order chi connectivity index (χ0) is 8.72. The monoisotopic (exact) mass is 165 g/mol. The summed E-state index contributed by atoms with van der Waals surface area (Å²) in [7, 11) is 0. The molecular weight excluding hydrogens is 146 g/mol. The molecule has 0 aromatic rings. The lowest BCUT2D eigenvalue weighted by Gasteiger charge is -2.35. The smallest absolute Gasteiger partial charge is 0.0347 e. The van der Waals surface area contributed by atoms with E-state index in [0.29, 0.717) is 0 Å². The van der Waals surface area contributed by atoms with Crippen molar-refractivity contribution in [2.45, 2.75) is 51.7 Å². The number of hydrogen-bond acceptors (Lipinski definition) is 1. The number of fused-ring (bicyclic) bond motifs is 1. The van der Waals surface area contributed by atoms with Crippen LogP contribution in [-0.4, -0.2) is 23.0 Å². The van der Waals surface area contributed by atoms with E-state index in [4.69, 9.17) is 0 Å². The maximum absolute atomic E-state index is 2.69. The van der Waals surface area contributed by atoms with E-state index in [0.717, 1.165) is 24.0 Å². The van der Waals surface area contributed by atoms with Crippen LogP contribution in [0.3, 0.4) is 0 Å². The summed E-state index contributed by atoms with van der Waals surface area (Å²) in [6, 6.07) is 2.35. The minimum absolute atomic E-state index is 0.717. The molecule has 0 bridgehead atoms. The molecule has 2 aliphatic rings. The molecule has 0 amide bonds. The number of nitrogens with zero attached hydrogens (tertiary/aromatic N) is 1. The maximum Gasteiger partial charge on any atom is 0.0347 e. The largest absolute Gasteiger partial charge is 0.291 e. The van der Waals surface area contributed by atoms with Gasteiger partial charge in [-0.1, -0.05) is 19.1 Å². The van der Waals surface area contributed by atoms with Gasteiger partial charge in [-0.15, -0.1) is 0 Å². The first-order valence-electron chi connectivity index (χ1n) is 5.19. The molecule has 0 aromatic heterocycles. The van der Waals surface area contributed by atoms with Gasteiger partial charge in [0.05, 0.1) is 0 Å². The number of rotatable bonds is 2. The molecule has 0 aromatic carbocycles. The van der Waals surface area contributed by atoms with Crippen LogP contribution in [0.2, 0.25) is 0 Å². The minimum atomic E-state index is 0.717. The number of hydrogen-bond donors (Lipinski definition) is 0. The Kier molecular flexibility index (Phi) is 1.99. The van der Waals surface area contributed by atoms with E-state index in [1.807, 2.05) is 0 Å². The fourth-order valence-electron chi connectivity index (χ4n) is 2.73. The highest BCUT2D eigenvalue weighted by Gasteiger charge is 2.42. The van der Waals surface area contributed by atoms with Crippen molar-refractivity contribution in [3.63, 3.8) is 0 Å². The van der Waals surface area contributed by atoms with Crippen LogP contribution in [0, 0.1) is 5.92 Å². The van der Waals surface area contributed by atoms with Crippen molar-refractivity contribution >= 4 is 0 Å². The summed E-state index contributed by atoms with van der Waals surface area (Å²) in [6.45, 7) is 6.94. The predicted octanol–water partition coefficient (Wildman–Crippen LogP) is 2.43. The van der Waals surface area contributed by atoms with Crippen molar-refractivity contribution in [1.82, 2.24) is 4.90 Å². The Morgan fingerprint density at radius 2 is 2.17 bits per heavy atom. The molecule has 1 heteroatoms. The van der Waals surface area contributed by atoms with Crippen LogP contribution >= 0.6 is 0 Å². The van der Waals surface area contributed by atoms with Gasteiger partial charge in [-0.2, -0.15) is 0 Å². The molecule has 68 valence electrons. The zero-order valence-electron chi connectivity index (χ0n) is 8.33. The molecular formula is C11H19N. The summed E-state index contributed by atoms with van der Waals surface area (Å²) in [4.78, 5) is 2.69. The molecule has 1 fully saturated rings. The fourth-order valence-corrected chi connectivity index (χ4v) is 2.73. The van der Waals surface area contributed by atoms with E-state index in [-0.39, 0.29) is 0 Å². The van der Waals surface area contributed by atoms with Gasteiger partial charge >= 0.3 is 0 Å². The van der Waals surface area contributed by atoms with Crippen molar-refractivity contribution in [2.24, 2.45) is 5.92 Å². The Hall–Kier alpha value is -0.300. The van der Waals surface area contributed by atoms with Crippen LogP contribution in [0.15, 0.2) is 12.2 Å². The average molecular weight is 165 g/mol. The highest BCUT2D eigenvalue weighted by atomic mass is 15.2. The molecule has 1 aliphatic heterocycles. The molecule has 12 heavy (non-hydrogen) atoms. The van der Waals surface area contributed by atoms with Gasteiger partial charge in [-0.25, -0.2) is 0 Å². The number of likely N-dealkylation sites (tertiary alicyclic amines) is 1. The van der Waals surface area contributed by atoms with Crippen LogP contribution < -0.4 is 0 Å². The minimum Gasteiger partial charge on any atom is -0.291 e. The first-order valence-corrected chi connectivity index (χ1v) is 5.19.